The molecule has 0 bridgehead atoms. The molecule has 1 heterocycles. The molecule has 2 aromatic carbocycles. The lowest BCUT2D eigenvalue weighted by Crippen LogP contribution is -1.96. The van der Waals surface area contributed by atoms with Gasteiger partial charge in [0.25, 0.3) is 0 Å². The number of fused-ring (bicyclic) bond motifs is 1. The minimum absolute atomic E-state index is 0.579. The Morgan fingerprint density at radius 1 is 1.11 bits per heavy atom. The smallest absolute Gasteiger partial charge is 0.182 e. The van der Waals surface area contributed by atoms with Crippen LogP contribution in [0.25, 0.3) is 16.7 Å². The summed E-state index contributed by atoms with van der Waals surface area (Å²) in [5, 5.41) is 1.28. The molecule has 2 nitrogen and oxygen atoms in total. The first-order valence-electron chi connectivity index (χ1n) is 5.73. The standard InChI is InChI=1S/C14H10Cl2N2S/c1-8-5-6-9(15)12(7-8)18-13-10(16)3-2-4-11(13)17-14(18)19/h2-7H,1H3,(H,17,19). The lowest BCUT2D eigenvalue weighted by molar-refractivity contribution is 1.06. The minimum Gasteiger partial charge on any atom is -0.330 e. The van der Waals surface area contributed by atoms with Crippen molar-refractivity contribution in [3.8, 4) is 5.69 Å². The maximum Gasteiger partial charge on any atom is 0.182 e. The zero-order chi connectivity index (χ0) is 13.6. The molecule has 0 unspecified atom stereocenters. The number of imidazole rings is 1. The van der Waals surface area contributed by atoms with Crippen LogP contribution in [0.2, 0.25) is 10.0 Å². The molecule has 0 saturated heterocycles. The molecule has 0 saturated carbocycles. The van der Waals surface area contributed by atoms with Gasteiger partial charge in [0.2, 0.25) is 0 Å². The summed E-state index contributed by atoms with van der Waals surface area (Å²) in [5.41, 5.74) is 3.70. The van der Waals surface area contributed by atoms with E-state index in [-0.39, 0.29) is 0 Å². The lowest BCUT2D eigenvalue weighted by Gasteiger charge is -2.09. The summed E-state index contributed by atoms with van der Waals surface area (Å²) in [6, 6.07) is 11.5. The summed E-state index contributed by atoms with van der Waals surface area (Å²) < 4.78 is 2.46. The van der Waals surface area contributed by atoms with E-state index >= 15 is 0 Å². The van der Waals surface area contributed by atoms with Crippen molar-refractivity contribution < 1.29 is 0 Å². The van der Waals surface area contributed by atoms with Gasteiger partial charge in [-0.3, -0.25) is 4.57 Å². The maximum absolute atomic E-state index is 6.29. The quantitative estimate of drug-likeness (QED) is 0.605. The normalized spacial score (nSPS) is 11.1. The van der Waals surface area contributed by atoms with Gasteiger partial charge in [0.15, 0.2) is 4.77 Å². The third-order valence-electron chi connectivity index (χ3n) is 3.00. The van der Waals surface area contributed by atoms with Crippen molar-refractivity contribution in [3.05, 3.63) is 56.8 Å². The second-order valence-corrected chi connectivity index (χ2v) is 5.56. The van der Waals surface area contributed by atoms with Gasteiger partial charge in [-0.25, -0.2) is 0 Å². The molecule has 0 radical (unpaired) electrons. The van der Waals surface area contributed by atoms with E-state index in [0.717, 1.165) is 22.3 Å². The molecule has 3 aromatic rings. The fourth-order valence-corrected chi connectivity index (χ4v) is 2.90. The van der Waals surface area contributed by atoms with Gasteiger partial charge in [-0.15, -0.1) is 0 Å². The van der Waals surface area contributed by atoms with Gasteiger partial charge < -0.3 is 4.98 Å². The second kappa shape index (κ2) is 4.67. The van der Waals surface area contributed by atoms with Crippen molar-refractivity contribution in [2.24, 2.45) is 0 Å². The number of H-pyrrole nitrogens is 1. The second-order valence-electron chi connectivity index (χ2n) is 4.36. The van der Waals surface area contributed by atoms with Crippen LogP contribution in [0, 0.1) is 11.7 Å². The number of aromatic nitrogens is 2. The predicted molar refractivity (Wildman–Crippen MR) is 83.2 cm³/mol. The number of aryl methyl sites for hydroxylation is 1. The van der Waals surface area contributed by atoms with Gasteiger partial charge in [-0.1, -0.05) is 35.3 Å². The van der Waals surface area contributed by atoms with Crippen LogP contribution < -0.4 is 0 Å². The fraction of sp³-hybridized carbons (Fsp3) is 0.0714. The van der Waals surface area contributed by atoms with Crippen LogP contribution in [-0.2, 0) is 0 Å². The average molecular weight is 309 g/mol. The first-order chi connectivity index (χ1) is 9.08. The molecule has 1 N–H and O–H groups in total. The van der Waals surface area contributed by atoms with Gasteiger partial charge in [-0.2, -0.15) is 0 Å². The van der Waals surface area contributed by atoms with E-state index in [4.69, 9.17) is 35.4 Å². The molecule has 0 amide bonds. The van der Waals surface area contributed by atoms with Gasteiger partial charge >= 0.3 is 0 Å². The van der Waals surface area contributed by atoms with E-state index in [0.29, 0.717) is 14.8 Å². The number of hydrogen-bond donors (Lipinski definition) is 1. The Morgan fingerprint density at radius 2 is 1.89 bits per heavy atom. The van der Waals surface area contributed by atoms with Crippen molar-refractivity contribution >= 4 is 46.5 Å². The van der Waals surface area contributed by atoms with Crippen molar-refractivity contribution in [1.82, 2.24) is 9.55 Å². The Balaban J connectivity index is 2.46. The number of aromatic amines is 1. The number of nitrogens with one attached hydrogen (secondary N) is 1. The molecule has 5 heteroatoms. The number of benzene rings is 2. The lowest BCUT2D eigenvalue weighted by atomic mass is 10.2. The highest BCUT2D eigenvalue weighted by Crippen LogP contribution is 2.30. The topological polar surface area (TPSA) is 20.7 Å². The van der Waals surface area contributed by atoms with Crippen LogP contribution in [0.4, 0.5) is 0 Å². The molecular formula is C14H10Cl2N2S. The highest BCUT2D eigenvalue weighted by molar-refractivity contribution is 7.71. The molecule has 0 atom stereocenters. The van der Waals surface area contributed by atoms with Crippen LogP contribution in [0.1, 0.15) is 5.56 Å². The number of para-hydroxylation sites is 1. The molecular weight excluding hydrogens is 299 g/mol. The van der Waals surface area contributed by atoms with E-state index < -0.39 is 0 Å². The van der Waals surface area contributed by atoms with Crippen molar-refractivity contribution in [3.63, 3.8) is 0 Å². The van der Waals surface area contributed by atoms with E-state index in [2.05, 4.69) is 4.98 Å². The zero-order valence-corrected chi connectivity index (χ0v) is 12.4. The summed E-state index contributed by atoms with van der Waals surface area (Å²) >= 11 is 18.0. The van der Waals surface area contributed by atoms with Gasteiger partial charge in [0.05, 0.1) is 26.8 Å². The highest BCUT2D eigenvalue weighted by Gasteiger charge is 2.12. The van der Waals surface area contributed by atoms with Crippen LogP contribution in [-0.4, -0.2) is 9.55 Å². The highest BCUT2D eigenvalue weighted by atomic mass is 35.5. The Hall–Kier alpha value is -1.29. The molecule has 3 rings (SSSR count). The van der Waals surface area contributed by atoms with Gasteiger partial charge in [-0.05, 0) is 49.0 Å². The summed E-state index contributed by atoms with van der Waals surface area (Å²) in [6.07, 6.45) is 0. The number of halogens is 2. The van der Waals surface area contributed by atoms with Crippen LogP contribution in [0.5, 0.6) is 0 Å². The van der Waals surface area contributed by atoms with E-state index in [1.54, 1.807) is 0 Å². The molecule has 0 aliphatic rings. The van der Waals surface area contributed by atoms with E-state index in [1.165, 1.54) is 0 Å². The molecule has 96 valence electrons. The van der Waals surface area contributed by atoms with E-state index in [9.17, 15) is 0 Å². The van der Waals surface area contributed by atoms with Crippen LogP contribution >= 0.6 is 35.4 Å². The molecule has 19 heavy (non-hydrogen) atoms. The van der Waals surface area contributed by atoms with Crippen LogP contribution in [0.15, 0.2) is 36.4 Å². The molecule has 1 aromatic heterocycles. The maximum atomic E-state index is 6.29. The molecule has 0 aliphatic heterocycles. The van der Waals surface area contributed by atoms with Crippen molar-refractivity contribution in [1.29, 1.82) is 0 Å². The summed E-state index contributed by atoms with van der Waals surface area (Å²) in [7, 11) is 0. The predicted octanol–water partition coefficient (Wildman–Crippen LogP) is 5.30. The Labute approximate surface area is 125 Å². The third kappa shape index (κ3) is 2.08. The van der Waals surface area contributed by atoms with E-state index in [1.807, 2.05) is 47.9 Å². The van der Waals surface area contributed by atoms with Gasteiger partial charge in [0, 0.05) is 0 Å². The number of hydrogen-bond acceptors (Lipinski definition) is 1. The number of nitrogens with zero attached hydrogens (tertiary/aromatic N) is 1. The fourth-order valence-electron chi connectivity index (χ4n) is 2.14. The largest absolute Gasteiger partial charge is 0.330 e. The third-order valence-corrected chi connectivity index (χ3v) is 3.91. The van der Waals surface area contributed by atoms with Gasteiger partial charge in [0.1, 0.15) is 0 Å². The summed E-state index contributed by atoms with van der Waals surface area (Å²) in [6.45, 7) is 2.01. The first kappa shape index (κ1) is 12.7. The monoisotopic (exact) mass is 308 g/mol. The van der Waals surface area contributed by atoms with Crippen molar-refractivity contribution in [2.75, 3.05) is 0 Å². The Kier molecular flexibility index (Phi) is 3.13. The Bertz CT molecular complexity index is 833. The molecule has 0 aliphatic carbocycles. The first-order valence-corrected chi connectivity index (χ1v) is 6.90. The van der Waals surface area contributed by atoms with Crippen molar-refractivity contribution in [2.45, 2.75) is 6.92 Å². The zero-order valence-electron chi connectivity index (χ0n) is 10.1. The number of rotatable bonds is 1. The average Bonchev–Trinajstić information content (AvgIpc) is 2.70. The minimum atomic E-state index is 0.579. The summed E-state index contributed by atoms with van der Waals surface area (Å²) in [4.78, 5) is 3.15. The molecule has 0 fully saturated rings. The molecule has 0 spiro atoms. The SMILES string of the molecule is Cc1ccc(Cl)c(-n2c(=S)[nH]c3cccc(Cl)c32)c1. The Morgan fingerprint density at radius 3 is 2.68 bits per heavy atom. The summed E-state index contributed by atoms with van der Waals surface area (Å²) in [5.74, 6) is 0. The van der Waals surface area contributed by atoms with Crippen LogP contribution in [0.3, 0.4) is 0 Å².